The molecule has 0 spiro atoms. The Labute approximate surface area is 90.1 Å². The molecule has 0 saturated carbocycles. The molecule has 0 amide bonds. The van der Waals surface area contributed by atoms with Crippen molar-refractivity contribution in [2.24, 2.45) is 5.73 Å². The van der Waals surface area contributed by atoms with E-state index in [9.17, 15) is 0 Å². The van der Waals surface area contributed by atoms with Crippen LogP contribution in [0.5, 0.6) is 0 Å². The summed E-state index contributed by atoms with van der Waals surface area (Å²) >= 11 is 1.99. The van der Waals surface area contributed by atoms with Crippen LogP contribution in [0.15, 0.2) is 18.7 Å². The van der Waals surface area contributed by atoms with E-state index in [1.807, 2.05) is 30.5 Å². The molecule has 3 nitrogen and oxygen atoms in total. The summed E-state index contributed by atoms with van der Waals surface area (Å²) in [4.78, 5) is 4.00. The average molecular weight is 213 g/mol. The van der Waals surface area contributed by atoms with E-state index in [4.69, 9.17) is 5.73 Å². The molecule has 1 rings (SSSR count). The van der Waals surface area contributed by atoms with Gasteiger partial charge < -0.3 is 10.3 Å². The van der Waals surface area contributed by atoms with E-state index in [0.717, 1.165) is 13.0 Å². The highest BCUT2D eigenvalue weighted by atomic mass is 32.2. The minimum atomic E-state index is 0.344. The fourth-order valence-corrected chi connectivity index (χ4v) is 2.22. The van der Waals surface area contributed by atoms with Crippen LogP contribution in [-0.4, -0.2) is 27.1 Å². The maximum Gasteiger partial charge on any atom is 0.0945 e. The lowest BCUT2D eigenvalue weighted by atomic mass is 10.3. The fraction of sp³-hybridized carbons (Fsp3) is 0.700. The minimum absolute atomic E-state index is 0.344. The summed E-state index contributed by atoms with van der Waals surface area (Å²) in [5.41, 5.74) is 5.66. The van der Waals surface area contributed by atoms with Gasteiger partial charge in [0.15, 0.2) is 0 Å². The lowest BCUT2D eigenvalue weighted by molar-refractivity contribution is 0.682. The first-order valence-electron chi connectivity index (χ1n) is 5.08. The zero-order chi connectivity index (χ0) is 10.2. The summed E-state index contributed by atoms with van der Waals surface area (Å²) in [6.45, 7) is 3.14. The van der Waals surface area contributed by atoms with Gasteiger partial charge in [0.25, 0.3) is 0 Å². The van der Waals surface area contributed by atoms with Gasteiger partial charge in [0, 0.05) is 25.0 Å². The van der Waals surface area contributed by atoms with Gasteiger partial charge in [-0.2, -0.15) is 11.8 Å². The van der Waals surface area contributed by atoms with Crippen molar-refractivity contribution in [3.8, 4) is 0 Å². The number of nitrogens with zero attached hydrogens (tertiary/aromatic N) is 2. The average Bonchev–Trinajstić information content (AvgIpc) is 2.63. The molecule has 0 saturated heterocycles. The summed E-state index contributed by atoms with van der Waals surface area (Å²) in [5.74, 6) is 2.40. The van der Waals surface area contributed by atoms with Crippen LogP contribution in [0, 0.1) is 0 Å². The molecule has 1 heterocycles. The lowest BCUT2D eigenvalue weighted by Gasteiger charge is -2.04. The molecule has 0 aliphatic carbocycles. The van der Waals surface area contributed by atoms with Gasteiger partial charge in [-0.1, -0.05) is 0 Å². The van der Waals surface area contributed by atoms with Crippen molar-refractivity contribution in [3.05, 3.63) is 18.7 Å². The van der Waals surface area contributed by atoms with Crippen LogP contribution in [0.1, 0.15) is 19.8 Å². The molecule has 0 radical (unpaired) electrons. The molecular weight excluding hydrogens is 194 g/mol. The van der Waals surface area contributed by atoms with E-state index >= 15 is 0 Å². The highest BCUT2D eigenvalue weighted by molar-refractivity contribution is 7.99. The van der Waals surface area contributed by atoms with E-state index in [0.29, 0.717) is 6.04 Å². The first-order chi connectivity index (χ1) is 6.79. The van der Waals surface area contributed by atoms with Crippen LogP contribution in [-0.2, 0) is 6.54 Å². The Bertz CT molecular complexity index is 221. The van der Waals surface area contributed by atoms with Gasteiger partial charge in [-0.15, -0.1) is 0 Å². The van der Waals surface area contributed by atoms with Crippen molar-refractivity contribution in [1.29, 1.82) is 0 Å². The van der Waals surface area contributed by atoms with E-state index in [-0.39, 0.29) is 0 Å². The van der Waals surface area contributed by atoms with Crippen molar-refractivity contribution in [2.75, 3.05) is 11.5 Å². The topological polar surface area (TPSA) is 43.8 Å². The molecule has 1 atom stereocenters. The smallest absolute Gasteiger partial charge is 0.0945 e. The van der Waals surface area contributed by atoms with Crippen LogP contribution in [0.3, 0.4) is 0 Å². The molecule has 0 bridgehead atoms. The molecule has 2 N–H and O–H groups in total. The van der Waals surface area contributed by atoms with Crippen LogP contribution < -0.4 is 5.73 Å². The fourth-order valence-electron chi connectivity index (χ4n) is 1.14. The van der Waals surface area contributed by atoms with E-state index < -0.39 is 0 Å². The summed E-state index contributed by atoms with van der Waals surface area (Å²) in [7, 11) is 0. The monoisotopic (exact) mass is 213 g/mol. The highest BCUT2D eigenvalue weighted by Gasteiger charge is 1.95. The first kappa shape index (κ1) is 11.6. The number of hydrogen-bond acceptors (Lipinski definition) is 3. The van der Waals surface area contributed by atoms with Crippen molar-refractivity contribution in [2.45, 2.75) is 32.4 Å². The second-order valence-corrected chi connectivity index (χ2v) is 4.76. The van der Waals surface area contributed by atoms with E-state index in [1.165, 1.54) is 17.9 Å². The molecule has 0 aliphatic heterocycles. The molecule has 14 heavy (non-hydrogen) atoms. The maximum atomic E-state index is 5.66. The Hall–Kier alpha value is -0.480. The van der Waals surface area contributed by atoms with Crippen LogP contribution in [0.2, 0.25) is 0 Å². The molecule has 4 heteroatoms. The summed E-state index contributed by atoms with van der Waals surface area (Å²) < 4.78 is 2.12. The second-order valence-electron chi connectivity index (χ2n) is 3.53. The van der Waals surface area contributed by atoms with Crippen molar-refractivity contribution >= 4 is 11.8 Å². The van der Waals surface area contributed by atoms with Gasteiger partial charge in [-0.25, -0.2) is 4.98 Å². The molecule has 0 aliphatic rings. The van der Waals surface area contributed by atoms with Crippen molar-refractivity contribution in [3.63, 3.8) is 0 Å². The number of thioether (sulfide) groups is 1. The summed E-state index contributed by atoms with van der Waals surface area (Å²) in [6, 6.07) is 0.344. The highest BCUT2D eigenvalue weighted by Crippen LogP contribution is 2.06. The van der Waals surface area contributed by atoms with Gasteiger partial charge in [-0.3, -0.25) is 0 Å². The van der Waals surface area contributed by atoms with Gasteiger partial charge in [0.05, 0.1) is 6.33 Å². The van der Waals surface area contributed by atoms with Crippen LogP contribution in [0.25, 0.3) is 0 Å². The Kier molecular flexibility index (Phi) is 5.71. The number of imidazole rings is 1. The Morgan fingerprint density at radius 1 is 1.50 bits per heavy atom. The van der Waals surface area contributed by atoms with Crippen LogP contribution in [0.4, 0.5) is 0 Å². The van der Waals surface area contributed by atoms with Gasteiger partial charge in [-0.05, 0) is 31.3 Å². The molecular formula is C10H19N3S. The lowest BCUT2D eigenvalue weighted by Crippen LogP contribution is -2.15. The molecule has 80 valence electrons. The van der Waals surface area contributed by atoms with E-state index in [1.54, 1.807) is 0 Å². The second kappa shape index (κ2) is 6.90. The number of aromatic nitrogens is 2. The third-order valence-electron chi connectivity index (χ3n) is 1.98. The Balaban J connectivity index is 1.90. The molecule has 1 aromatic rings. The molecule has 1 aromatic heterocycles. The molecule has 0 fully saturated rings. The number of hydrogen-bond donors (Lipinski definition) is 1. The van der Waals surface area contributed by atoms with Gasteiger partial charge in [0.2, 0.25) is 0 Å². The summed E-state index contributed by atoms with van der Waals surface area (Å²) in [5, 5.41) is 0. The predicted molar refractivity (Wildman–Crippen MR) is 62.4 cm³/mol. The number of nitrogens with two attached hydrogens (primary N) is 1. The summed E-state index contributed by atoms with van der Waals surface area (Å²) in [6.07, 6.45) is 8.03. The zero-order valence-corrected chi connectivity index (χ0v) is 9.54. The quantitative estimate of drug-likeness (QED) is 0.702. The Morgan fingerprint density at radius 3 is 3.00 bits per heavy atom. The van der Waals surface area contributed by atoms with Crippen molar-refractivity contribution in [1.82, 2.24) is 9.55 Å². The number of rotatable bonds is 7. The van der Waals surface area contributed by atoms with Crippen molar-refractivity contribution < 1.29 is 0 Å². The SMILES string of the molecule is CC(N)CCSCCCn1ccnc1. The van der Waals surface area contributed by atoms with Gasteiger partial charge in [0.1, 0.15) is 0 Å². The third kappa shape index (κ3) is 5.29. The third-order valence-corrected chi connectivity index (χ3v) is 3.08. The minimum Gasteiger partial charge on any atom is -0.337 e. The Morgan fingerprint density at radius 2 is 2.36 bits per heavy atom. The number of aryl methyl sites for hydroxylation is 1. The van der Waals surface area contributed by atoms with Crippen LogP contribution >= 0.6 is 11.8 Å². The maximum absolute atomic E-state index is 5.66. The predicted octanol–water partition coefficient (Wildman–Crippen LogP) is 1.74. The largest absolute Gasteiger partial charge is 0.337 e. The normalized spacial score (nSPS) is 13.0. The zero-order valence-electron chi connectivity index (χ0n) is 8.72. The molecule has 1 unspecified atom stereocenters. The van der Waals surface area contributed by atoms with E-state index in [2.05, 4.69) is 16.5 Å². The van der Waals surface area contributed by atoms with Gasteiger partial charge >= 0.3 is 0 Å². The molecule has 0 aromatic carbocycles. The first-order valence-corrected chi connectivity index (χ1v) is 6.23. The standard InChI is InChI=1S/C10H19N3S/c1-10(11)3-8-14-7-2-5-13-6-4-12-9-13/h4,6,9-10H,2-3,5,7-8,11H2,1H3.